The van der Waals surface area contributed by atoms with E-state index in [1.165, 1.54) is 10.9 Å². The van der Waals surface area contributed by atoms with Gasteiger partial charge >= 0.3 is 0 Å². The number of rotatable bonds is 5. The highest BCUT2D eigenvalue weighted by molar-refractivity contribution is 5.96. The van der Waals surface area contributed by atoms with E-state index in [1.807, 2.05) is 19.1 Å². The van der Waals surface area contributed by atoms with Crippen molar-refractivity contribution in [2.45, 2.75) is 13.5 Å². The molecule has 0 atom stereocenters. The van der Waals surface area contributed by atoms with Crippen molar-refractivity contribution in [2.24, 2.45) is 0 Å². The maximum Gasteiger partial charge on any atom is 0.182 e. The van der Waals surface area contributed by atoms with Gasteiger partial charge in [-0.15, -0.1) is 0 Å². The largest absolute Gasteiger partial charge is 0.494 e. The Morgan fingerprint density at radius 1 is 1.29 bits per heavy atom. The van der Waals surface area contributed by atoms with Crippen molar-refractivity contribution in [3.8, 4) is 17.9 Å². The zero-order valence-corrected chi connectivity index (χ0v) is 11.4. The predicted octanol–water partition coefficient (Wildman–Crippen LogP) is 1.91. The lowest BCUT2D eigenvalue weighted by atomic mass is 10.1. The molecule has 104 valence electrons. The first-order valence-electron chi connectivity index (χ1n) is 6.31. The second-order valence-corrected chi connectivity index (χ2v) is 4.17. The van der Waals surface area contributed by atoms with Gasteiger partial charge in [-0.25, -0.2) is 4.98 Å². The van der Waals surface area contributed by atoms with Gasteiger partial charge in [-0.2, -0.15) is 10.5 Å². The molecule has 0 bridgehead atoms. The van der Waals surface area contributed by atoms with Crippen LogP contribution < -0.4 is 4.74 Å². The molecule has 0 amide bonds. The summed E-state index contributed by atoms with van der Waals surface area (Å²) in [5, 5.41) is 17.8. The first-order valence-corrected chi connectivity index (χ1v) is 6.31. The minimum absolute atomic E-state index is 0.0250. The molecular weight excluding hydrogens is 268 g/mol. The molecule has 2 aromatic rings. The number of Topliss-reactive ketones (excluding diaryl/α,β-unsaturated/α-hetero) is 1. The number of hydrogen-bond acceptors (Lipinski definition) is 5. The van der Waals surface area contributed by atoms with Gasteiger partial charge in [0.25, 0.3) is 0 Å². The number of aromatic nitrogens is 2. The molecule has 1 aromatic heterocycles. The molecule has 6 nitrogen and oxygen atoms in total. The van der Waals surface area contributed by atoms with Crippen LogP contribution in [-0.4, -0.2) is 21.9 Å². The van der Waals surface area contributed by atoms with Crippen molar-refractivity contribution in [3.05, 3.63) is 47.5 Å². The Morgan fingerprint density at radius 2 is 2.00 bits per heavy atom. The van der Waals surface area contributed by atoms with Crippen LogP contribution >= 0.6 is 0 Å². The lowest BCUT2D eigenvalue weighted by molar-refractivity contribution is 0.0971. The summed E-state index contributed by atoms with van der Waals surface area (Å²) >= 11 is 0. The van der Waals surface area contributed by atoms with Crippen LogP contribution in [0.15, 0.2) is 30.6 Å². The number of imidazole rings is 1. The third kappa shape index (κ3) is 3.07. The number of carbonyl (C=O) groups excluding carboxylic acids is 1. The molecule has 0 aliphatic heterocycles. The van der Waals surface area contributed by atoms with E-state index in [-0.39, 0.29) is 23.7 Å². The summed E-state index contributed by atoms with van der Waals surface area (Å²) in [6.45, 7) is 2.41. The Hall–Kier alpha value is -3.12. The van der Waals surface area contributed by atoms with Crippen LogP contribution in [0.25, 0.3) is 0 Å². The highest BCUT2D eigenvalue weighted by Gasteiger charge is 2.14. The van der Waals surface area contributed by atoms with Crippen molar-refractivity contribution >= 4 is 5.78 Å². The summed E-state index contributed by atoms with van der Waals surface area (Å²) in [4.78, 5) is 16.0. The first-order chi connectivity index (χ1) is 10.2. The Labute approximate surface area is 121 Å². The molecule has 0 aliphatic rings. The van der Waals surface area contributed by atoms with Gasteiger partial charge in [-0.3, -0.25) is 4.79 Å². The summed E-state index contributed by atoms with van der Waals surface area (Å²) in [5.74, 6) is 0.526. The molecule has 0 radical (unpaired) electrons. The summed E-state index contributed by atoms with van der Waals surface area (Å²) in [6.07, 6.45) is 1.32. The topological polar surface area (TPSA) is 91.7 Å². The second kappa shape index (κ2) is 6.36. The van der Waals surface area contributed by atoms with Gasteiger partial charge < -0.3 is 9.30 Å². The van der Waals surface area contributed by atoms with Gasteiger partial charge in [-0.1, -0.05) is 0 Å². The van der Waals surface area contributed by atoms with E-state index in [0.29, 0.717) is 17.9 Å². The molecule has 2 rings (SSSR count). The SMILES string of the molecule is CCOc1ccc(C(=O)Cn2cnc(C#N)c2C#N)cc1. The van der Waals surface area contributed by atoms with Crippen molar-refractivity contribution < 1.29 is 9.53 Å². The lowest BCUT2D eigenvalue weighted by Gasteiger charge is -2.05. The number of carbonyl (C=O) groups is 1. The van der Waals surface area contributed by atoms with E-state index in [0.717, 1.165) is 0 Å². The van der Waals surface area contributed by atoms with Crippen LogP contribution in [0, 0.1) is 22.7 Å². The number of benzene rings is 1. The summed E-state index contributed by atoms with van der Waals surface area (Å²) in [6, 6.07) is 10.5. The third-order valence-electron chi connectivity index (χ3n) is 2.85. The van der Waals surface area contributed by atoms with Crippen LogP contribution in [0.2, 0.25) is 0 Å². The third-order valence-corrected chi connectivity index (χ3v) is 2.85. The zero-order chi connectivity index (χ0) is 15.2. The Kier molecular flexibility index (Phi) is 4.33. The summed E-state index contributed by atoms with van der Waals surface area (Å²) in [5.41, 5.74) is 0.628. The normalized spacial score (nSPS) is 9.67. The molecule has 0 saturated carbocycles. The van der Waals surface area contributed by atoms with Gasteiger partial charge in [0.1, 0.15) is 17.9 Å². The number of ketones is 1. The van der Waals surface area contributed by atoms with Crippen LogP contribution in [-0.2, 0) is 6.54 Å². The average molecular weight is 280 g/mol. The number of hydrogen-bond donors (Lipinski definition) is 0. The van der Waals surface area contributed by atoms with Crippen LogP contribution in [0.3, 0.4) is 0 Å². The minimum atomic E-state index is -0.170. The Balaban J connectivity index is 2.17. The van der Waals surface area contributed by atoms with Gasteiger partial charge in [0, 0.05) is 5.56 Å². The zero-order valence-electron chi connectivity index (χ0n) is 11.4. The van der Waals surface area contributed by atoms with Crippen molar-refractivity contribution in [3.63, 3.8) is 0 Å². The van der Waals surface area contributed by atoms with E-state index < -0.39 is 0 Å². The summed E-state index contributed by atoms with van der Waals surface area (Å²) in [7, 11) is 0. The molecule has 0 saturated heterocycles. The Bertz CT molecular complexity index is 733. The molecule has 1 aromatic carbocycles. The monoisotopic (exact) mass is 280 g/mol. The van der Waals surface area contributed by atoms with Gasteiger partial charge in [0.2, 0.25) is 0 Å². The Morgan fingerprint density at radius 3 is 2.57 bits per heavy atom. The van der Waals surface area contributed by atoms with E-state index in [1.54, 1.807) is 24.3 Å². The van der Waals surface area contributed by atoms with E-state index >= 15 is 0 Å². The molecule has 0 fully saturated rings. The maximum absolute atomic E-state index is 12.2. The second-order valence-electron chi connectivity index (χ2n) is 4.17. The lowest BCUT2D eigenvalue weighted by Crippen LogP contribution is -2.11. The first kappa shape index (κ1) is 14.3. The van der Waals surface area contributed by atoms with E-state index in [2.05, 4.69) is 4.98 Å². The predicted molar refractivity (Wildman–Crippen MR) is 73.6 cm³/mol. The standard InChI is InChI=1S/C15H12N4O2/c1-2-21-12-5-3-11(4-6-12)15(20)9-19-10-18-13(7-16)14(19)8-17/h3-6,10H,2,9H2,1H3. The average Bonchev–Trinajstić information content (AvgIpc) is 2.90. The molecule has 0 aliphatic carbocycles. The van der Waals surface area contributed by atoms with Crippen molar-refractivity contribution in [1.29, 1.82) is 10.5 Å². The van der Waals surface area contributed by atoms with Gasteiger partial charge in [0.15, 0.2) is 17.2 Å². The fourth-order valence-electron chi connectivity index (χ4n) is 1.85. The van der Waals surface area contributed by atoms with Crippen molar-refractivity contribution in [1.82, 2.24) is 9.55 Å². The fourth-order valence-corrected chi connectivity index (χ4v) is 1.85. The molecule has 6 heteroatoms. The van der Waals surface area contributed by atoms with Gasteiger partial charge in [-0.05, 0) is 31.2 Å². The molecule has 1 heterocycles. The molecule has 0 N–H and O–H groups in total. The van der Waals surface area contributed by atoms with Crippen molar-refractivity contribution in [2.75, 3.05) is 6.61 Å². The smallest absolute Gasteiger partial charge is 0.182 e. The maximum atomic E-state index is 12.2. The van der Waals surface area contributed by atoms with Crippen LogP contribution in [0.5, 0.6) is 5.75 Å². The fraction of sp³-hybridized carbons (Fsp3) is 0.200. The molecule has 0 spiro atoms. The molecule has 21 heavy (non-hydrogen) atoms. The number of nitrogens with zero attached hydrogens (tertiary/aromatic N) is 4. The number of ether oxygens (including phenoxy) is 1. The minimum Gasteiger partial charge on any atom is -0.494 e. The van der Waals surface area contributed by atoms with Crippen LogP contribution in [0.1, 0.15) is 28.7 Å². The van der Waals surface area contributed by atoms with E-state index in [4.69, 9.17) is 15.3 Å². The number of nitriles is 2. The molecule has 0 unspecified atom stereocenters. The molecular formula is C15H12N4O2. The van der Waals surface area contributed by atoms with Gasteiger partial charge in [0.05, 0.1) is 19.5 Å². The summed E-state index contributed by atoms with van der Waals surface area (Å²) < 4.78 is 6.68. The quantitative estimate of drug-likeness (QED) is 0.780. The highest BCUT2D eigenvalue weighted by Crippen LogP contribution is 2.14. The highest BCUT2D eigenvalue weighted by atomic mass is 16.5. The van der Waals surface area contributed by atoms with Crippen LogP contribution in [0.4, 0.5) is 0 Å². The van der Waals surface area contributed by atoms with E-state index in [9.17, 15) is 4.79 Å².